The first-order valence-electron chi connectivity index (χ1n) is 13.3. The van der Waals surface area contributed by atoms with Crippen molar-refractivity contribution in [1.29, 1.82) is 0 Å². The van der Waals surface area contributed by atoms with Gasteiger partial charge < -0.3 is 18.6 Å². The number of anilines is 1. The zero-order valence-corrected chi connectivity index (χ0v) is 22.9. The zero-order valence-electron chi connectivity index (χ0n) is 21.4. The van der Waals surface area contributed by atoms with Crippen LogP contribution in [0.5, 0.6) is 0 Å². The first-order valence-corrected chi connectivity index (χ1v) is 14.1. The molecule has 2 fully saturated rings. The van der Waals surface area contributed by atoms with Crippen molar-refractivity contribution >= 4 is 51.7 Å². The van der Waals surface area contributed by atoms with Crippen LogP contribution in [0.1, 0.15) is 64.7 Å². The fourth-order valence-electron chi connectivity index (χ4n) is 5.63. The Bertz CT molecular complexity index is 1640. The lowest BCUT2D eigenvalue weighted by Crippen LogP contribution is -2.34. The number of carbonyl (C=O) groups is 1. The highest BCUT2D eigenvalue weighted by Crippen LogP contribution is 2.39. The third-order valence-corrected chi connectivity index (χ3v) is 8.63. The number of carbonyl (C=O) groups excluding carboxylic acids is 1. The van der Waals surface area contributed by atoms with E-state index < -0.39 is 34.8 Å². The molecule has 40 heavy (non-hydrogen) atoms. The summed E-state index contributed by atoms with van der Waals surface area (Å²) in [4.78, 5) is 43.2. The normalized spacial score (nSPS) is 20.5. The van der Waals surface area contributed by atoms with Gasteiger partial charge in [0.05, 0.1) is 10.4 Å². The van der Waals surface area contributed by atoms with Crippen molar-refractivity contribution in [2.75, 3.05) is 31.1 Å². The predicted octanol–water partition coefficient (Wildman–Crippen LogP) is 6.03. The number of ketones is 1. The van der Waals surface area contributed by atoms with E-state index in [4.69, 9.17) is 32.0 Å². The highest BCUT2D eigenvalue weighted by atomic mass is 35.5. The van der Waals surface area contributed by atoms with Crippen LogP contribution in [0.25, 0.3) is 17.0 Å². The van der Waals surface area contributed by atoms with Gasteiger partial charge in [-0.25, -0.2) is 18.4 Å². The minimum Gasteiger partial charge on any atom is -0.422 e. The molecule has 3 aromatic rings. The Kier molecular flexibility index (Phi) is 7.21. The van der Waals surface area contributed by atoms with Gasteiger partial charge in [0.15, 0.2) is 0 Å². The molecule has 0 spiro atoms. The van der Waals surface area contributed by atoms with Gasteiger partial charge in [-0.2, -0.15) is 0 Å². The maximum atomic E-state index is 13.6. The van der Waals surface area contributed by atoms with E-state index in [2.05, 4.69) is 0 Å². The summed E-state index contributed by atoms with van der Waals surface area (Å²) in [5, 5.41) is -0.00583. The maximum absolute atomic E-state index is 13.6. The molecule has 0 N–H and O–H groups in total. The fourth-order valence-corrected chi connectivity index (χ4v) is 6.22. The summed E-state index contributed by atoms with van der Waals surface area (Å²) < 4.78 is 38.1. The number of hydrogen-bond donors (Lipinski definition) is 0. The van der Waals surface area contributed by atoms with Crippen molar-refractivity contribution in [1.82, 2.24) is 4.90 Å². The van der Waals surface area contributed by atoms with Gasteiger partial charge in [-0.3, -0.25) is 4.79 Å². The molecule has 2 aliphatic heterocycles. The van der Waals surface area contributed by atoms with E-state index >= 15 is 0 Å². The first kappa shape index (κ1) is 27.0. The molecule has 1 aromatic carbocycles. The molecular weight excluding hydrogens is 565 g/mol. The Labute approximate surface area is 237 Å². The maximum Gasteiger partial charge on any atom is 0.347 e. The molecular formula is C29H26Cl2F2N2O5. The molecule has 210 valence electrons. The van der Waals surface area contributed by atoms with Crippen LogP contribution in [0.15, 0.2) is 48.4 Å². The average Bonchev–Trinajstić information content (AvgIpc) is 2.92. The van der Waals surface area contributed by atoms with Crippen molar-refractivity contribution in [2.24, 2.45) is 0 Å². The van der Waals surface area contributed by atoms with Crippen molar-refractivity contribution in [3.05, 3.63) is 78.3 Å². The quantitative estimate of drug-likeness (QED) is 0.208. The fraction of sp³-hybridized carbons (Fsp3) is 0.414. The number of fused-ring (bicyclic) bond motifs is 2. The molecule has 2 aromatic heterocycles. The largest absolute Gasteiger partial charge is 0.422 e. The van der Waals surface area contributed by atoms with Crippen LogP contribution in [0.3, 0.4) is 0 Å². The van der Waals surface area contributed by atoms with E-state index in [9.17, 15) is 23.2 Å². The molecule has 7 nitrogen and oxygen atoms in total. The SMILES string of the molecule is O=C(c1cc2c(oc1=O)C=C(N1CCC(F)CC1)CC2Cl)c1cc2c(Cl)cc(N3CCC(F)CC3)cc2oc1=O. The van der Waals surface area contributed by atoms with Crippen LogP contribution in [0.2, 0.25) is 5.02 Å². The van der Waals surface area contributed by atoms with Crippen LogP contribution >= 0.6 is 23.2 Å². The molecule has 3 aliphatic rings. The molecule has 1 aliphatic carbocycles. The molecule has 0 saturated carbocycles. The molecule has 0 amide bonds. The summed E-state index contributed by atoms with van der Waals surface area (Å²) in [7, 11) is 0. The molecule has 11 heteroatoms. The summed E-state index contributed by atoms with van der Waals surface area (Å²) in [6, 6.07) is 6.00. The van der Waals surface area contributed by atoms with Crippen molar-refractivity contribution in [3.63, 3.8) is 0 Å². The standard InChI is InChI=1S/C29H26Cl2F2N2O5/c30-23-9-17(34-5-1-15(32)2-6-34)11-25-19(23)13-21(28(37)39-25)27(36)22-14-20-24(31)10-18(12-26(20)40-29(22)38)35-7-3-16(33)4-8-35/h9,11-16,24H,1-8,10H2. The third kappa shape index (κ3) is 5.05. The van der Waals surface area contributed by atoms with E-state index in [1.165, 1.54) is 12.1 Å². The number of alkyl halides is 3. The van der Waals surface area contributed by atoms with Crippen LogP contribution in [0, 0.1) is 0 Å². The van der Waals surface area contributed by atoms with Crippen LogP contribution < -0.4 is 16.2 Å². The molecule has 0 bridgehead atoms. The van der Waals surface area contributed by atoms with Gasteiger partial charge in [0, 0.05) is 67.1 Å². The predicted molar refractivity (Wildman–Crippen MR) is 149 cm³/mol. The average molecular weight is 591 g/mol. The lowest BCUT2D eigenvalue weighted by molar-refractivity contribution is 0.103. The van der Waals surface area contributed by atoms with Gasteiger partial charge in [-0.05, 0) is 43.9 Å². The lowest BCUT2D eigenvalue weighted by Gasteiger charge is -2.35. The minimum absolute atomic E-state index is 0.180. The Morgan fingerprint density at radius 3 is 2.12 bits per heavy atom. The van der Waals surface area contributed by atoms with Gasteiger partial charge in [-0.1, -0.05) is 11.6 Å². The smallest absolute Gasteiger partial charge is 0.347 e. The van der Waals surface area contributed by atoms with Gasteiger partial charge in [-0.15, -0.1) is 11.6 Å². The topological polar surface area (TPSA) is 84.0 Å². The van der Waals surface area contributed by atoms with E-state index in [0.29, 0.717) is 74.9 Å². The molecule has 1 atom stereocenters. The highest BCUT2D eigenvalue weighted by Gasteiger charge is 2.30. The number of benzene rings is 1. The van der Waals surface area contributed by atoms with Crippen LogP contribution in [0.4, 0.5) is 14.5 Å². The summed E-state index contributed by atoms with van der Waals surface area (Å²) in [6.45, 7) is 2.11. The molecule has 6 rings (SSSR count). The number of nitrogens with zero attached hydrogens (tertiary/aromatic N) is 2. The van der Waals surface area contributed by atoms with Crippen molar-refractivity contribution in [2.45, 2.75) is 49.8 Å². The van der Waals surface area contributed by atoms with Gasteiger partial charge in [0.2, 0.25) is 5.78 Å². The number of hydrogen-bond acceptors (Lipinski definition) is 7. The Balaban J connectivity index is 1.32. The lowest BCUT2D eigenvalue weighted by atomic mass is 9.95. The van der Waals surface area contributed by atoms with Gasteiger partial charge in [0.25, 0.3) is 0 Å². The summed E-state index contributed by atoms with van der Waals surface area (Å²) in [5.74, 6) is -0.621. The van der Waals surface area contributed by atoms with Crippen LogP contribution in [-0.2, 0) is 0 Å². The van der Waals surface area contributed by atoms with Crippen molar-refractivity contribution < 1.29 is 22.4 Å². The second-order valence-electron chi connectivity index (χ2n) is 10.5. The molecule has 0 radical (unpaired) electrons. The van der Waals surface area contributed by atoms with Gasteiger partial charge in [0.1, 0.15) is 34.8 Å². The van der Waals surface area contributed by atoms with Crippen molar-refractivity contribution in [3.8, 4) is 0 Å². The minimum atomic E-state index is -0.925. The molecule has 2 saturated heterocycles. The Morgan fingerprint density at radius 2 is 1.45 bits per heavy atom. The highest BCUT2D eigenvalue weighted by molar-refractivity contribution is 6.35. The van der Waals surface area contributed by atoms with E-state index in [-0.39, 0.29) is 27.5 Å². The molecule has 4 heterocycles. The summed E-state index contributed by atoms with van der Waals surface area (Å²) in [5.41, 5.74) is -0.363. The van der Waals surface area contributed by atoms with E-state index in [1.807, 2.05) is 9.80 Å². The zero-order chi connectivity index (χ0) is 28.1. The van der Waals surface area contributed by atoms with E-state index in [0.717, 1.165) is 5.70 Å². The van der Waals surface area contributed by atoms with Crippen LogP contribution in [-0.4, -0.2) is 49.2 Å². The number of halogens is 4. The second kappa shape index (κ2) is 10.7. The number of rotatable bonds is 4. The first-order chi connectivity index (χ1) is 19.2. The summed E-state index contributed by atoms with van der Waals surface area (Å²) in [6.07, 6.45) is 2.11. The Hall–Kier alpha value is -3.17. The number of likely N-dealkylation sites (tertiary alicyclic amines) is 1. The monoisotopic (exact) mass is 590 g/mol. The number of allylic oxidation sites excluding steroid dienone is 1. The third-order valence-electron chi connectivity index (χ3n) is 7.93. The Morgan fingerprint density at radius 1 is 0.850 bits per heavy atom. The van der Waals surface area contributed by atoms with Gasteiger partial charge >= 0.3 is 11.3 Å². The molecule has 1 unspecified atom stereocenters. The summed E-state index contributed by atoms with van der Waals surface area (Å²) >= 11 is 13.2. The second-order valence-corrected chi connectivity index (χ2v) is 11.4. The number of piperidine rings is 2. The van der Waals surface area contributed by atoms with E-state index in [1.54, 1.807) is 18.2 Å².